The smallest absolute Gasteiger partial charge is 0.156 e. The van der Waals surface area contributed by atoms with Gasteiger partial charge in [-0.05, 0) is 19.1 Å². The Morgan fingerprint density at radius 1 is 1.28 bits per heavy atom. The number of rotatable bonds is 4. The Morgan fingerprint density at radius 2 is 2.06 bits per heavy atom. The van der Waals surface area contributed by atoms with Crippen LogP contribution in [0.4, 0.5) is 4.39 Å². The van der Waals surface area contributed by atoms with E-state index in [-0.39, 0.29) is 17.6 Å². The number of nitrogens with zero attached hydrogens (tertiary/aromatic N) is 2. The van der Waals surface area contributed by atoms with Crippen molar-refractivity contribution in [1.82, 2.24) is 9.97 Å². The molecule has 0 unspecified atom stereocenters. The quantitative estimate of drug-likeness (QED) is 0.795. The first kappa shape index (κ1) is 12.9. The van der Waals surface area contributed by atoms with E-state index in [2.05, 4.69) is 9.97 Å². The number of hydrogen-bond donors (Lipinski definition) is 0. The summed E-state index contributed by atoms with van der Waals surface area (Å²) in [5.74, 6) is 0.109. The molecule has 0 saturated heterocycles. The van der Waals surface area contributed by atoms with E-state index in [1.165, 1.54) is 12.1 Å². The zero-order valence-corrected chi connectivity index (χ0v) is 10.6. The summed E-state index contributed by atoms with van der Waals surface area (Å²) in [6.45, 7) is 2.70. The Morgan fingerprint density at radius 3 is 2.78 bits per heavy atom. The number of benzene rings is 1. The molecule has 0 bridgehead atoms. The van der Waals surface area contributed by atoms with Gasteiger partial charge >= 0.3 is 0 Å². The predicted molar refractivity (Wildman–Crippen MR) is 67.8 cm³/mol. The molecule has 0 spiro atoms. The molecular formula is C13H12ClFN2O. The van der Waals surface area contributed by atoms with Crippen molar-refractivity contribution in [3.8, 4) is 11.3 Å². The second kappa shape index (κ2) is 5.89. The Balaban J connectivity index is 2.39. The molecule has 2 rings (SSSR count). The lowest BCUT2D eigenvalue weighted by molar-refractivity contribution is 0.128. The number of ether oxygens (including phenoxy) is 1. The SMILES string of the molecule is CCOCc1nc(Cl)cc(-c2ccccc2F)n1. The highest BCUT2D eigenvalue weighted by atomic mass is 35.5. The maximum absolute atomic E-state index is 13.7. The van der Waals surface area contributed by atoms with Gasteiger partial charge in [-0.3, -0.25) is 0 Å². The summed E-state index contributed by atoms with van der Waals surface area (Å²) < 4.78 is 18.9. The van der Waals surface area contributed by atoms with Crippen LogP contribution in [0.2, 0.25) is 5.15 Å². The molecule has 0 aliphatic carbocycles. The van der Waals surface area contributed by atoms with Crippen LogP contribution in [-0.4, -0.2) is 16.6 Å². The van der Waals surface area contributed by atoms with Gasteiger partial charge in [-0.25, -0.2) is 14.4 Å². The zero-order chi connectivity index (χ0) is 13.0. The summed E-state index contributed by atoms with van der Waals surface area (Å²) >= 11 is 5.90. The first-order valence-corrected chi connectivity index (χ1v) is 5.94. The van der Waals surface area contributed by atoms with Crippen molar-refractivity contribution in [2.24, 2.45) is 0 Å². The van der Waals surface area contributed by atoms with E-state index in [1.807, 2.05) is 6.92 Å². The molecule has 3 nitrogen and oxygen atoms in total. The lowest BCUT2D eigenvalue weighted by Crippen LogP contribution is -2.01. The molecule has 2 aromatic rings. The summed E-state index contributed by atoms with van der Waals surface area (Å²) in [6, 6.07) is 7.95. The monoisotopic (exact) mass is 266 g/mol. The summed E-state index contributed by atoms with van der Waals surface area (Å²) in [5, 5.41) is 0.276. The molecule has 0 radical (unpaired) electrons. The van der Waals surface area contributed by atoms with Crippen molar-refractivity contribution in [1.29, 1.82) is 0 Å². The van der Waals surface area contributed by atoms with Gasteiger partial charge in [-0.15, -0.1) is 0 Å². The van der Waals surface area contributed by atoms with E-state index in [4.69, 9.17) is 16.3 Å². The molecule has 0 atom stereocenters. The third kappa shape index (κ3) is 3.03. The van der Waals surface area contributed by atoms with Gasteiger partial charge in [0.1, 0.15) is 17.6 Å². The third-order valence-corrected chi connectivity index (χ3v) is 2.52. The topological polar surface area (TPSA) is 35.0 Å². The fraction of sp³-hybridized carbons (Fsp3) is 0.231. The van der Waals surface area contributed by atoms with E-state index in [0.29, 0.717) is 23.7 Å². The second-order valence-corrected chi connectivity index (χ2v) is 4.00. The van der Waals surface area contributed by atoms with Crippen molar-refractivity contribution in [2.75, 3.05) is 6.61 Å². The minimum atomic E-state index is -0.338. The van der Waals surface area contributed by atoms with Crippen molar-refractivity contribution < 1.29 is 9.13 Å². The van der Waals surface area contributed by atoms with Gasteiger partial charge in [0.25, 0.3) is 0 Å². The normalized spacial score (nSPS) is 10.6. The van der Waals surface area contributed by atoms with Gasteiger partial charge in [0.2, 0.25) is 0 Å². The van der Waals surface area contributed by atoms with Crippen molar-refractivity contribution in [3.63, 3.8) is 0 Å². The highest BCUT2D eigenvalue weighted by Crippen LogP contribution is 2.22. The first-order valence-electron chi connectivity index (χ1n) is 5.57. The van der Waals surface area contributed by atoms with E-state index >= 15 is 0 Å². The molecule has 94 valence electrons. The van der Waals surface area contributed by atoms with E-state index < -0.39 is 0 Å². The van der Waals surface area contributed by atoms with Crippen LogP contribution in [0, 0.1) is 5.82 Å². The van der Waals surface area contributed by atoms with E-state index in [0.717, 1.165) is 0 Å². The summed E-state index contributed by atoms with van der Waals surface area (Å²) in [4.78, 5) is 8.28. The van der Waals surface area contributed by atoms with Gasteiger partial charge in [0, 0.05) is 18.2 Å². The van der Waals surface area contributed by atoms with Crippen LogP contribution in [0.5, 0.6) is 0 Å². The molecule has 1 aromatic carbocycles. The maximum atomic E-state index is 13.7. The summed E-state index contributed by atoms with van der Waals surface area (Å²) in [5.41, 5.74) is 0.863. The van der Waals surface area contributed by atoms with Crippen LogP contribution in [0.15, 0.2) is 30.3 Å². The standard InChI is InChI=1S/C13H12ClFN2O/c1-2-18-8-13-16-11(7-12(14)17-13)9-5-3-4-6-10(9)15/h3-7H,2,8H2,1H3. The summed E-state index contributed by atoms with van der Waals surface area (Å²) in [6.07, 6.45) is 0. The second-order valence-electron chi connectivity index (χ2n) is 3.61. The van der Waals surface area contributed by atoms with E-state index in [9.17, 15) is 4.39 Å². The van der Waals surface area contributed by atoms with Crippen LogP contribution in [0.25, 0.3) is 11.3 Å². The Kier molecular flexibility index (Phi) is 4.23. The molecule has 1 heterocycles. The lowest BCUT2D eigenvalue weighted by Gasteiger charge is -2.06. The van der Waals surface area contributed by atoms with Gasteiger partial charge in [-0.2, -0.15) is 0 Å². The van der Waals surface area contributed by atoms with Gasteiger partial charge in [0.05, 0.1) is 5.69 Å². The largest absolute Gasteiger partial charge is 0.374 e. The Hall–Kier alpha value is -1.52. The Labute approximate surface area is 110 Å². The third-order valence-electron chi connectivity index (χ3n) is 2.33. The molecule has 0 fully saturated rings. The van der Waals surface area contributed by atoms with Crippen molar-refractivity contribution in [3.05, 3.63) is 47.1 Å². The molecular weight excluding hydrogens is 255 g/mol. The van der Waals surface area contributed by atoms with Gasteiger partial charge < -0.3 is 4.74 Å². The summed E-state index contributed by atoms with van der Waals surface area (Å²) in [7, 11) is 0. The minimum Gasteiger partial charge on any atom is -0.374 e. The fourth-order valence-electron chi connectivity index (χ4n) is 1.53. The molecule has 18 heavy (non-hydrogen) atoms. The van der Waals surface area contributed by atoms with Crippen LogP contribution in [0.1, 0.15) is 12.7 Å². The number of aromatic nitrogens is 2. The average Bonchev–Trinajstić information content (AvgIpc) is 2.36. The van der Waals surface area contributed by atoms with Crippen LogP contribution in [0.3, 0.4) is 0 Å². The van der Waals surface area contributed by atoms with Crippen molar-refractivity contribution >= 4 is 11.6 Å². The zero-order valence-electron chi connectivity index (χ0n) is 9.86. The molecule has 5 heteroatoms. The maximum Gasteiger partial charge on any atom is 0.156 e. The van der Waals surface area contributed by atoms with Gasteiger partial charge in [0.15, 0.2) is 5.82 Å². The average molecular weight is 267 g/mol. The van der Waals surface area contributed by atoms with Crippen LogP contribution >= 0.6 is 11.6 Å². The Bertz CT molecular complexity index is 548. The highest BCUT2D eigenvalue weighted by Gasteiger charge is 2.09. The molecule has 0 aliphatic heterocycles. The highest BCUT2D eigenvalue weighted by molar-refractivity contribution is 6.29. The minimum absolute atomic E-state index is 0.262. The number of halogens is 2. The van der Waals surface area contributed by atoms with Crippen LogP contribution < -0.4 is 0 Å². The molecule has 0 N–H and O–H groups in total. The first-order chi connectivity index (χ1) is 8.70. The predicted octanol–water partition coefficient (Wildman–Crippen LogP) is 3.47. The van der Waals surface area contributed by atoms with Gasteiger partial charge in [-0.1, -0.05) is 23.7 Å². The number of hydrogen-bond acceptors (Lipinski definition) is 3. The molecule has 0 amide bonds. The van der Waals surface area contributed by atoms with Crippen molar-refractivity contribution in [2.45, 2.75) is 13.5 Å². The molecule has 0 saturated carbocycles. The molecule has 0 aliphatic rings. The van der Waals surface area contributed by atoms with E-state index in [1.54, 1.807) is 18.2 Å². The fourth-order valence-corrected chi connectivity index (χ4v) is 1.73. The van der Waals surface area contributed by atoms with Crippen LogP contribution in [-0.2, 0) is 11.3 Å². The molecule has 1 aromatic heterocycles. The lowest BCUT2D eigenvalue weighted by atomic mass is 10.1.